The molecule has 0 unspecified atom stereocenters. The van der Waals surface area contributed by atoms with Gasteiger partial charge in [0.2, 0.25) is 0 Å². The van der Waals surface area contributed by atoms with Crippen LogP contribution in [0.4, 0.5) is 11.6 Å². The van der Waals surface area contributed by atoms with Crippen molar-refractivity contribution in [2.45, 2.75) is 33.1 Å². The lowest BCUT2D eigenvalue weighted by atomic mass is 9.76. The number of nitrogen functional groups attached to an aromatic ring is 1. The number of anilines is 2. The molecule has 1 aliphatic rings. The Bertz CT molecular complexity index is 554. The molecule has 2 rings (SSSR count). The molecule has 21 heavy (non-hydrogen) atoms. The number of carboxylic acid groups (broad SMARTS) is 1. The van der Waals surface area contributed by atoms with Crippen molar-refractivity contribution in [3.8, 4) is 0 Å². The highest BCUT2D eigenvalue weighted by molar-refractivity contribution is 5.76. The number of piperidine rings is 1. The van der Waals surface area contributed by atoms with E-state index in [1.165, 1.54) is 6.33 Å². The van der Waals surface area contributed by atoms with Gasteiger partial charge in [-0.15, -0.1) is 0 Å². The average Bonchev–Trinajstić information content (AvgIpc) is 2.45. The normalized spacial score (nSPS) is 21.9. The number of carboxylic acids is 1. The molecule has 0 saturated carbocycles. The molecule has 0 spiro atoms. The topological polar surface area (TPSA) is 92.3 Å². The van der Waals surface area contributed by atoms with Crippen LogP contribution in [-0.2, 0) is 4.79 Å². The summed E-state index contributed by atoms with van der Waals surface area (Å²) in [6, 6.07) is 1.69. The van der Waals surface area contributed by atoms with E-state index < -0.39 is 11.4 Å². The van der Waals surface area contributed by atoms with Gasteiger partial charge in [-0.2, -0.15) is 0 Å². The minimum atomic E-state index is -0.755. The number of aromatic nitrogens is 2. The van der Waals surface area contributed by atoms with Crippen LogP contribution in [-0.4, -0.2) is 34.1 Å². The molecule has 1 fully saturated rings. The van der Waals surface area contributed by atoms with Gasteiger partial charge in [-0.3, -0.25) is 4.79 Å². The van der Waals surface area contributed by atoms with Gasteiger partial charge in [0.05, 0.1) is 5.41 Å². The van der Waals surface area contributed by atoms with Crippen LogP contribution in [0.15, 0.2) is 24.0 Å². The van der Waals surface area contributed by atoms with Crippen LogP contribution in [0.3, 0.4) is 0 Å². The highest BCUT2D eigenvalue weighted by atomic mass is 16.4. The Morgan fingerprint density at radius 2 is 2.29 bits per heavy atom. The Kier molecular flexibility index (Phi) is 4.45. The van der Waals surface area contributed by atoms with Crippen LogP contribution in [0.2, 0.25) is 0 Å². The lowest BCUT2D eigenvalue weighted by molar-refractivity contribution is -0.149. The number of hydrogen-bond acceptors (Lipinski definition) is 5. The molecular weight excluding hydrogens is 268 g/mol. The summed E-state index contributed by atoms with van der Waals surface area (Å²) in [5.41, 5.74) is 6.07. The van der Waals surface area contributed by atoms with Gasteiger partial charge in [0, 0.05) is 19.2 Å². The molecule has 0 bridgehead atoms. The maximum atomic E-state index is 11.8. The highest BCUT2D eigenvalue weighted by Gasteiger charge is 2.41. The van der Waals surface area contributed by atoms with Gasteiger partial charge in [0.25, 0.3) is 0 Å². The van der Waals surface area contributed by atoms with Gasteiger partial charge < -0.3 is 15.7 Å². The van der Waals surface area contributed by atoms with E-state index in [9.17, 15) is 9.90 Å². The Labute approximate surface area is 124 Å². The fourth-order valence-electron chi connectivity index (χ4n) is 2.69. The molecule has 6 nitrogen and oxygen atoms in total. The average molecular weight is 290 g/mol. The molecule has 2 heterocycles. The maximum absolute atomic E-state index is 11.8. The van der Waals surface area contributed by atoms with Crippen LogP contribution in [0.25, 0.3) is 0 Å². The fraction of sp³-hybridized carbons (Fsp3) is 0.533. The van der Waals surface area contributed by atoms with Gasteiger partial charge in [0.1, 0.15) is 18.0 Å². The molecule has 1 aromatic rings. The monoisotopic (exact) mass is 290 g/mol. The summed E-state index contributed by atoms with van der Waals surface area (Å²) in [7, 11) is 0. The lowest BCUT2D eigenvalue weighted by Crippen LogP contribution is -2.48. The van der Waals surface area contributed by atoms with E-state index >= 15 is 0 Å². The predicted molar refractivity (Wildman–Crippen MR) is 82.0 cm³/mol. The summed E-state index contributed by atoms with van der Waals surface area (Å²) in [6.45, 7) is 5.21. The quantitative estimate of drug-likeness (QED) is 0.825. The number of carbonyl (C=O) groups is 1. The molecule has 0 amide bonds. The minimum Gasteiger partial charge on any atom is -0.481 e. The summed E-state index contributed by atoms with van der Waals surface area (Å²) in [4.78, 5) is 21.9. The first-order valence-corrected chi connectivity index (χ1v) is 7.12. The van der Waals surface area contributed by atoms with E-state index in [1.807, 2.05) is 24.8 Å². The third-order valence-electron chi connectivity index (χ3n) is 3.93. The highest BCUT2D eigenvalue weighted by Crippen LogP contribution is 2.36. The van der Waals surface area contributed by atoms with Crippen molar-refractivity contribution in [1.29, 1.82) is 0 Å². The second kappa shape index (κ2) is 6.11. The van der Waals surface area contributed by atoms with Gasteiger partial charge >= 0.3 is 5.97 Å². The van der Waals surface area contributed by atoms with Crippen LogP contribution in [0.5, 0.6) is 0 Å². The van der Waals surface area contributed by atoms with Crippen molar-refractivity contribution in [2.24, 2.45) is 5.41 Å². The number of rotatable bonds is 4. The molecule has 1 saturated heterocycles. The smallest absolute Gasteiger partial charge is 0.311 e. The Hall–Kier alpha value is -2.11. The van der Waals surface area contributed by atoms with Crippen LogP contribution in [0.1, 0.15) is 33.1 Å². The third-order valence-corrected chi connectivity index (χ3v) is 3.93. The summed E-state index contributed by atoms with van der Waals surface area (Å²) < 4.78 is 0. The van der Waals surface area contributed by atoms with E-state index in [0.29, 0.717) is 31.0 Å². The van der Waals surface area contributed by atoms with Crippen molar-refractivity contribution < 1.29 is 9.90 Å². The molecule has 1 aromatic heterocycles. The van der Waals surface area contributed by atoms with E-state index in [1.54, 1.807) is 6.07 Å². The molecule has 6 heteroatoms. The minimum absolute atomic E-state index is 0.399. The van der Waals surface area contributed by atoms with Crippen molar-refractivity contribution in [3.63, 3.8) is 0 Å². The predicted octanol–water partition coefficient (Wildman–Crippen LogP) is 2.09. The first kappa shape index (κ1) is 15.3. The third kappa shape index (κ3) is 3.51. The Balaban J connectivity index is 2.24. The summed E-state index contributed by atoms with van der Waals surface area (Å²) in [6.07, 6.45) is 5.47. The van der Waals surface area contributed by atoms with E-state index in [-0.39, 0.29) is 0 Å². The van der Waals surface area contributed by atoms with Crippen molar-refractivity contribution >= 4 is 17.6 Å². The van der Waals surface area contributed by atoms with Gasteiger partial charge in [0.15, 0.2) is 0 Å². The molecule has 3 N–H and O–H groups in total. The zero-order valence-corrected chi connectivity index (χ0v) is 12.5. The van der Waals surface area contributed by atoms with Crippen molar-refractivity contribution in [3.05, 3.63) is 24.0 Å². The number of hydrogen-bond donors (Lipinski definition) is 2. The van der Waals surface area contributed by atoms with Crippen LogP contribution < -0.4 is 10.6 Å². The van der Waals surface area contributed by atoms with Crippen LogP contribution in [0, 0.1) is 5.41 Å². The standard InChI is InChI=1S/C15H22N4O2/c1-11(2)4-6-15(14(20)21)5-3-7-19(9-15)13-8-12(16)17-10-18-13/h4,8,10H,3,5-7,9H2,1-2H3,(H,20,21)(H2,16,17,18)/t15-/m1/s1. The molecule has 1 aliphatic heterocycles. The van der Waals surface area contributed by atoms with E-state index in [0.717, 1.165) is 18.5 Å². The number of allylic oxidation sites excluding steroid dienone is 2. The SMILES string of the molecule is CC(C)=CC[C@]1(C(=O)O)CCCN(c2cc(N)ncn2)C1. The Morgan fingerprint density at radius 3 is 2.90 bits per heavy atom. The van der Waals surface area contributed by atoms with E-state index in [4.69, 9.17) is 5.73 Å². The molecule has 114 valence electrons. The zero-order valence-electron chi connectivity index (χ0n) is 12.5. The van der Waals surface area contributed by atoms with Crippen molar-refractivity contribution in [1.82, 2.24) is 9.97 Å². The van der Waals surface area contributed by atoms with E-state index in [2.05, 4.69) is 9.97 Å². The molecule has 0 aliphatic carbocycles. The van der Waals surface area contributed by atoms with Crippen LogP contribution >= 0.6 is 0 Å². The van der Waals surface area contributed by atoms with Gasteiger partial charge in [-0.1, -0.05) is 11.6 Å². The summed E-state index contributed by atoms with van der Waals surface area (Å²) >= 11 is 0. The molecule has 0 aromatic carbocycles. The second-order valence-electron chi connectivity index (χ2n) is 5.90. The number of nitrogens with zero attached hydrogens (tertiary/aromatic N) is 3. The van der Waals surface area contributed by atoms with Gasteiger partial charge in [-0.25, -0.2) is 9.97 Å². The molecule has 1 atom stereocenters. The largest absolute Gasteiger partial charge is 0.481 e. The number of aliphatic carboxylic acids is 1. The zero-order chi connectivity index (χ0) is 15.5. The fourth-order valence-corrected chi connectivity index (χ4v) is 2.69. The van der Waals surface area contributed by atoms with Crippen molar-refractivity contribution in [2.75, 3.05) is 23.7 Å². The molecular formula is C15H22N4O2. The number of nitrogens with two attached hydrogens (primary N) is 1. The maximum Gasteiger partial charge on any atom is 0.311 e. The summed E-state index contributed by atoms with van der Waals surface area (Å²) in [5.74, 6) is 0.354. The lowest BCUT2D eigenvalue weighted by Gasteiger charge is -2.40. The second-order valence-corrected chi connectivity index (χ2v) is 5.90. The Morgan fingerprint density at radius 1 is 1.52 bits per heavy atom. The molecule has 0 radical (unpaired) electrons. The first-order chi connectivity index (χ1) is 9.93. The first-order valence-electron chi connectivity index (χ1n) is 7.12. The summed E-state index contributed by atoms with van der Waals surface area (Å²) in [5, 5.41) is 9.71. The van der Waals surface area contributed by atoms with Gasteiger partial charge in [-0.05, 0) is 33.1 Å².